The molecule has 3 N–H and O–H groups in total. The van der Waals surface area contributed by atoms with Crippen molar-refractivity contribution in [1.82, 2.24) is 5.32 Å². The fourth-order valence-electron chi connectivity index (χ4n) is 4.00. The van der Waals surface area contributed by atoms with E-state index in [1.807, 2.05) is 0 Å². The molecule has 1 aromatic heterocycles. The number of carbonyl (C=O) groups excluding carboxylic acids is 2. The monoisotopic (exact) mass is 420 g/mol. The number of amides is 2. The van der Waals surface area contributed by atoms with E-state index in [0.29, 0.717) is 16.5 Å². The standard InChI is InChI=1S/C22H32N2O4S/c1-12(10-18(26)27)9-17(25)24-21-19(20(28)23-14-6-7-14)15-8-5-13(22(2,3)4)11-16(15)29-21/h12-14H,5-11H2,1-4H3,(H,23,28)(H,24,25)(H,26,27)/t12-,13+/m1/s1. The van der Waals surface area contributed by atoms with Crippen LogP contribution in [0, 0.1) is 17.3 Å². The average molecular weight is 421 g/mol. The number of hydrogen-bond donors (Lipinski definition) is 3. The lowest BCUT2D eigenvalue weighted by molar-refractivity contribution is -0.138. The van der Waals surface area contributed by atoms with E-state index in [9.17, 15) is 14.4 Å². The number of carboxylic acids is 1. The second-order valence-corrected chi connectivity index (χ2v) is 10.8. The quantitative estimate of drug-likeness (QED) is 0.615. The molecule has 2 aliphatic rings. The molecular formula is C22H32N2O4S. The summed E-state index contributed by atoms with van der Waals surface area (Å²) in [5.74, 6) is -0.934. The van der Waals surface area contributed by atoms with Gasteiger partial charge in [-0.1, -0.05) is 27.7 Å². The normalized spacial score (nSPS) is 19.9. The van der Waals surface area contributed by atoms with E-state index in [-0.39, 0.29) is 42.0 Å². The molecule has 0 aromatic carbocycles. The Morgan fingerprint density at radius 3 is 2.45 bits per heavy atom. The highest BCUT2D eigenvalue weighted by Crippen LogP contribution is 2.44. The molecule has 1 aromatic rings. The summed E-state index contributed by atoms with van der Waals surface area (Å²) in [5, 5.41) is 15.5. The van der Waals surface area contributed by atoms with Crippen molar-refractivity contribution in [2.75, 3.05) is 5.32 Å². The third kappa shape index (κ3) is 5.59. The molecule has 0 unspecified atom stereocenters. The van der Waals surface area contributed by atoms with Gasteiger partial charge in [-0.25, -0.2) is 0 Å². The van der Waals surface area contributed by atoms with Gasteiger partial charge in [-0.3, -0.25) is 14.4 Å². The molecule has 0 spiro atoms. The van der Waals surface area contributed by atoms with Gasteiger partial charge < -0.3 is 15.7 Å². The van der Waals surface area contributed by atoms with Gasteiger partial charge in [-0.2, -0.15) is 0 Å². The van der Waals surface area contributed by atoms with Gasteiger partial charge in [0, 0.05) is 23.8 Å². The number of rotatable bonds is 7. The molecule has 7 heteroatoms. The summed E-state index contributed by atoms with van der Waals surface area (Å²) < 4.78 is 0. The minimum Gasteiger partial charge on any atom is -0.481 e. The van der Waals surface area contributed by atoms with Crippen molar-refractivity contribution in [1.29, 1.82) is 0 Å². The van der Waals surface area contributed by atoms with Gasteiger partial charge in [-0.15, -0.1) is 11.3 Å². The molecule has 1 heterocycles. The number of fused-ring (bicyclic) bond motifs is 1. The molecule has 1 saturated carbocycles. The van der Waals surface area contributed by atoms with Crippen molar-refractivity contribution in [3.05, 3.63) is 16.0 Å². The van der Waals surface area contributed by atoms with Crippen molar-refractivity contribution in [3.8, 4) is 0 Å². The van der Waals surface area contributed by atoms with Crippen LogP contribution in [-0.2, 0) is 22.4 Å². The first-order valence-corrected chi connectivity index (χ1v) is 11.3. The van der Waals surface area contributed by atoms with Gasteiger partial charge in [0.25, 0.3) is 5.91 Å². The Morgan fingerprint density at radius 1 is 1.17 bits per heavy atom. The molecule has 0 bridgehead atoms. The molecule has 2 amide bonds. The Hall–Kier alpha value is -1.89. The molecule has 2 atom stereocenters. The van der Waals surface area contributed by atoms with Crippen molar-refractivity contribution in [2.24, 2.45) is 17.3 Å². The molecule has 1 fully saturated rings. The number of carbonyl (C=O) groups is 3. The van der Waals surface area contributed by atoms with Gasteiger partial charge in [0.15, 0.2) is 0 Å². The zero-order chi connectivity index (χ0) is 21.3. The minimum absolute atomic E-state index is 0.0450. The number of anilines is 1. The maximum Gasteiger partial charge on any atom is 0.303 e. The predicted octanol–water partition coefficient (Wildman–Crippen LogP) is 4.23. The first-order valence-electron chi connectivity index (χ1n) is 10.5. The number of aliphatic carboxylic acids is 1. The van der Waals surface area contributed by atoms with Crippen LogP contribution < -0.4 is 10.6 Å². The van der Waals surface area contributed by atoms with E-state index < -0.39 is 5.97 Å². The maximum atomic E-state index is 12.9. The molecule has 0 aliphatic heterocycles. The number of thiophene rings is 1. The topological polar surface area (TPSA) is 95.5 Å². The van der Waals surface area contributed by atoms with Gasteiger partial charge in [0.1, 0.15) is 5.00 Å². The highest BCUT2D eigenvalue weighted by atomic mass is 32.1. The average Bonchev–Trinajstić information content (AvgIpc) is 3.31. The summed E-state index contributed by atoms with van der Waals surface area (Å²) in [4.78, 5) is 37.5. The fourth-order valence-corrected chi connectivity index (χ4v) is 5.34. The van der Waals surface area contributed by atoms with Crippen LogP contribution in [0.1, 0.15) is 80.6 Å². The van der Waals surface area contributed by atoms with Gasteiger partial charge in [-0.05, 0) is 54.9 Å². The Labute approximate surface area is 176 Å². The van der Waals surface area contributed by atoms with Crippen LogP contribution in [0.2, 0.25) is 0 Å². The molecule has 0 radical (unpaired) electrons. The molecule has 0 saturated heterocycles. The summed E-state index contributed by atoms with van der Waals surface area (Å²) in [7, 11) is 0. The molecule has 29 heavy (non-hydrogen) atoms. The Morgan fingerprint density at radius 2 is 1.86 bits per heavy atom. The lowest BCUT2D eigenvalue weighted by atomic mass is 9.72. The first-order chi connectivity index (χ1) is 13.5. The lowest BCUT2D eigenvalue weighted by Crippen LogP contribution is -2.29. The van der Waals surface area contributed by atoms with Crippen LogP contribution in [0.25, 0.3) is 0 Å². The maximum absolute atomic E-state index is 12.9. The van der Waals surface area contributed by atoms with Crippen molar-refractivity contribution >= 4 is 34.1 Å². The lowest BCUT2D eigenvalue weighted by Gasteiger charge is -2.33. The van der Waals surface area contributed by atoms with E-state index >= 15 is 0 Å². The van der Waals surface area contributed by atoms with E-state index in [2.05, 4.69) is 31.4 Å². The first kappa shape index (κ1) is 21.8. The molecule has 6 nitrogen and oxygen atoms in total. The van der Waals surface area contributed by atoms with E-state index in [0.717, 1.165) is 37.7 Å². The highest BCUT2D eigenvalue weighted by molar-refractivity contribution is 7.17. The van der Waals surface area contributed by atoms with Crippen LogP contribution in [-0.4, -0.2) is 28.9 Å². The predicted molar refractivity (Wildman–Crippen MR) is 114 cm³/mol. The molecular weight excluding hydrogens is 388 g/mol. The van der Waals surface area contributed by atoms with Crippen LogP contribution in [0.3, 0.4) is 0 Å². The Bertz CT molecular complexity index is 804. The van der Waals surface area contributed by atoms with Gasteiger partial charge >= 0.3 is 5.97 Å². The second kappa shape index (κ2) is 8.46. The van der Waals surface area contributed by atoms with Gasteiger partial charge in [0.2, 0.25) is 5.91 Å². The van der Waals surface area contributed by atoms with Gasteiger partial charge in [0.05, 0.1) is 5.56 Å². The van der Waals surface area contributed by atoms with Crippen molar-refractivity contribution in [3.63, 3.8) is 0 Å². The summed E-state index contributed by atoms with van der Waals surface area (Å²) >= 11 is 1.52. The summed E-state index contributed by atoms with van der Waals surface area (Å²) in [5.41, 5.74) is 1.92. The minimum atomic E-state index is -0.908. The molecule has 2 aliphatic carbocycles. The van der Waals surface area contributed by atoms with Crippen molar-refractivity contribution in [2.45, 2.75) is 78.7 Å². The highest BCUT2D eigenvalue weighted by Gasteiger charge is 2.35. The zero-order valence-electron chi connectivity index (χ0n) is 17.8. The number of nitrogens with one attached hydrogen (secondary N) is 2. The Balaban J connectivity index is 1.81. The number of carboxylic acid groups (broad SMARTS) is 1. The zero-order valence-corrected chi connectivity index (χ0v) is 18.6. The SMILES string of the molecule is C[C@@H](CC(=O)O)CC(=O)Nc1sc2c(c1C(=O)NC1CC1)CC[C@H](C(C)(C)C)C2. The van der Waals surface area contributed by atoms with E-state index in [1.165, 1.54) is 16.2 Å². The smallest absolute Gasteiger partial charge is 0.303 e. The Kier molecular flexibility index (Phi) is 6.36. The van der Waals surface area contributed by atoms with Crippen LogP contribution in [0.4, 0.5) is 5.00 Å². The van der Waals surface area contributed by atoms with Crippen LogP contribution in [0.15, 0.2) is 0 Å². The fraction of sp³-hybridized carbons (Fsp3) is 0.682. The summed E-state index contributed by atoms with van der Waals surface area (Å²) in [6, 6.07) is 0.253. The molecule has 160 valence electrons. The third-order valence-corrected chi connectivity index (χ3v) is 7.11. The molecule has 3 rings (SSSR count). The number of hydrogen-bond acceptors (Lipinski definition) is 4. The largest absolute Gasteiger partial charge is 0.481 e. The summed E-state index contributed by atoms with van der Waals surface area (Å²) in [6.07, 6.45) is 4.93. The van der Waals surface area contributed by atoms with Crippen LogP contribution >= 0.6 is 11.3 Å². The third-order valence-electron chi connectivity index (χ3n) is 5.94. The van der Waals surface area contributed by atoms with E-state index in [4.69, 9.17) is 5.11 Å². The summed E-state index contributed by atoms with van der Waals surface area (Å²) in [6.45, 7) is 8.51. The van der Waals surface area contributed by atoms with Crippen molar-refractivity contribution < 1.29 is 19.5 Å². The van der Waals surface area contributed by atoms with E-state index in [1.54, 1.807) is 6.92 Å². The van der Waals surface area contributed by atoms with Crippen LogP contribution in [0.5, 0.6) is 0 Å². The second-order valence-electron chi connectivity index (χ2n) is 9.72.